The van der Waals surface area contributed by atoms with Crippen LogP contribution < -0.4 is 9.62 Å². The molecule has 0 heterocycles. The first-order chi connectivity index (χ1) is 13.8. The van der Waals surface area contributed by atoms with Crippen molar-refractivity contribution in [2.75, 3.05) is 38.8 Å². The van der Waals surface area contributed by atoms with E-state index in [1.807, 2.05) is 43.3 Å². The highest BCUT2D eigenvalue weighted by molar-refractivity contribution is 7.89. The Bertz CT molecular complexity index is 926. The van der Waals surface area contributed by atoms with Crippen LogP contribution >= 0.6 is 0 Å². The summed E-state index contributed by atoms with van der Waals surface area (Å²) in [5.74, 6) is -0.964. The second-order valence-corrected chi connectivity index (χ2v) is 8.03. The van der Waals surface area contributed by atoms with Crippen molar-refractivity contribution in [3.05, 3.63) is 48.5 Å². The first-order valence-corrected chi connectivity index (χ1v) is 10.3. The Balaban J connectivity index is 1.88. The van der Waals surface area contributed by atoms with Crippen LogP contribution in [0.1, 0.15) is 6.42 Å². The third-order valence-corrected chi connectivity index (χ3v) is 5.27. The maximum atomic E-state index is 12.2. The fourth-order valence-corrected chi connectivity index (χ4v) is 3.23. The van der Waals surface area contributed by atoms with Crippen LogP contribution in [-0.2, 0) is 19.6 Å². The molecule has 9 nitrogen and oxygen atoms in total. The molecule has 0 saturated heterocycles. The zero-order chi connectivity index (χ0) is 21.3. The predicted molar refractivity (Wildman–Crippen MR) is 110 cm³/mol. The van der Waals surface area contributed by atoms with Crippen molar-refractivity contribution in [1.82, 2.24) is 4.72 Å². The number of nitrogens with zero attached hydrogens (tertiary/aromatic N) is 3. The zero-order valence-corrected chi connectivity index (χ0v) is 17.1. The van der Waals surface area contributed by atoms with Gasteiger partial charge in [0.15, 0.2) is 0 Å². The number of hydrogen-bond acceptors (Lipinski definition) is 7. The summed E-state index contributed by atoms with van der Waals surface area (Å²) < 4.78 is 31.9. The standard InChI is InChI=1S/C19H24N4O5S/c1-23(2)17-7-3-15(4-8-17)21-22-16-5-9-18(10-6-16)29(26,27)20-12-14-28-13-11-19(24)25/h3-10,20H,11-14H2,1-2H3,(H,24,25)/b22-21+. The Morgan fingerprint density at radius 1 is 1.00 bits per heavy atom. The maximum absolute atomic E-state index is 12.2. The number of hydrogen-bond donors (Lipinski definition) is 2. The average molecular weight is 420 g/mol. The van der Waals surface area contributed by atoms with Gasteiger partial charge < -0.3 is 14.7 Å². The van der Waals surface area contributed by atoms with Crippen LogP contribution in [0, 0.1) is 0 Å². The second kappa shape index (κ2) is 10.6. The molecule has 2 rings (SSSR count). The van der Waals surface area contributed by atoms with Crippen LogP contribution in [0.15, 0.2) is 63.7 Å². The van der Waals surface area contributed by atoms with Gasteiger partial charge >= 0.3 is 5.97 Å². The first-order valence-electron chi connectivity index (χ1n) is 8.86. The van der Waals surface area contributed by atoms with E-state index in [-0.39, 0.29) is 31.1 Å². The molecule has 0 bridgehead atoms. The Labute approximate surface area is 170 Å². The predicted octanol–water partition coefficient (Wildman–Crippen LogP) is 2.94. The summed E-state index contributed by atoms with van der Waals surface area (Å²) in [4.78, 5) is 12.4. The number of ether oxygens (including phenoxy) is 1. The summed E-state index contributed by atoms with van der Waals surface area (Å²) in [5, 5.41) is 16.8. The molecule has 0 fully saturated rings. The number of aliphatic carboxylic acids is 1. The summed E-state index contributed by atoms with van der Waals surface area (Å²) in [6.45, 7) is 0.173. The number of azo groups is 1. The van der Waals surface area contributed by atoms with Gasteiger partial charge in [-0.15, -0.1) is 0 Å². The smallest absolute Gasteiger partial charge is 0.305 e. The van der Waals surface area contributed by atoms with E-state index >= 15 is 0 Å². The van der Waals surface area contributed by atoms with E-state index in [9.17, 15) is 13.2 Å². The number of benzene rings is 2. The molecule has 0 saturated carbocycles. The topological polar surface area (TPSA) is 121 Å². The molecule has 0 spiro atoms. The summed E-state index contributed by atoms with van der Waals surface area (Å²) >= 11 is 0. The van der Waals surface area contributed by atoms with Crippen LogP contribution in [0.4, 0.5) is 17.1 Å². The van der Waals surface area contributed by atoms with Crippen LogP contribution in [-0.4, -0.2) is 53.3 Å². The molecule has 0 amide bonds. The van der Waals surface area contributed by atoms with Gasteiger partial charge in [-0.25, -0.2) is 13.1 Å². The van der Waals surface area contributed by atoms with Gasteiger partial charge in [0.05, 0.1) is 35.9 Å². The number of carboxylic acid groups (broad SMARTS) is 1. The Hall–Kier alpha value is -2.82. The number of anilines is 1. The lowest BCUT2D eigenvalue weighted by Gasteiger charge is -2.11. The Morgan fingerprint density at radius 3 is 2.07 bits per heavy atom. The number of nitrogens with one attached hydrogen (secondary N) is 1. The molecule has 0 radical (unpaired) electrons. The lowest BCUT2D eigenvalue weighted by atomic mass is 10.3. The van der Waals surface area contributed by atoms with Crippen molar-refractivity contribution in [3.63, 3.8) is 0 Å². The summed E-state index contributed by atoms with van der Waals surface area (Å²) in [6, 6.07) is 13.6. The summed E-state index contributed by atoms with van der Waals surface area (Å²) in [7, 11) is 0.220. The minimum absolute atomic E-state index is 0.0363. The molecule has 2 N–H and O–H groups in total. The van der Waals surface area contributed by atoms with E-state index in [1.165, 1.54) is 12.1 Å². The quantitative estimate of drug-likeness (QED) is 0.426. The van der Waals surface area contributed by atoms with E-state index < -0.39 is 16.0 Å². The lowest BCUT2D eigenvalue weighted by molar-refractivity contribution is -0.138. The van der Waals surface area contributed by atoms with E-state index in [0.717, 1.165) is 5.69 Å². The highest BCUT2D eigenvalue weighted by atomic mass is 32.2. The van der Waals surface area contributed by atoms with E-state index in [0.29, 0.717) is 11.4 Å². The van der Waals surface area contributed by atoms with Crippen molar-refractivity contribution in [2.24, 2.45) is 10.2 Å². The average Bonchev–Trinajstić information content (AvgIpc) is 2.69. The monoisotopic (exact) mass is 420 g/mol. The third kappa shape index (κ3) is 7.60. The highest BCUT2D eigenvalue weighted by Gasteiger charge is 2.13. The number of carbonyl (C=O) groups is 1. The molecule has 0 atom stereocenters. The largest absolute Gasteiger partial charge is 0.481 e. The summed E-state index contributed by atoms with van der Waals surface area (Å²) in [6.07, 6.45) is -0.122. The molecule has 0 aliphatic carbocycles. The molecule has 0 unspecified atom stereocenters. The molecular weight excluding hydrogens is 396 g/mol. The van der Waals surface area contributed by atoms with Gasteiger partial charge in [0.2, 0.25) is 10.0 Å². The van der Waals surface area contributed by atoms with Crippen molar-refractivity contribution in [2.45, 2.75) is 11.3 Å². The van der Waals surface area contributed by atoms with Crippen molar-refractivity contribution in [1.29, 1.82) is 0 Å². The number of rotatable bonds is 11. The van der Waals surface area contributed by atoms with Crippen LogP contribution in [0.25, 0.3) is 0 Å². The van der Waals surface area contributed by atoms with Gasteiger partial charge in [-0.05, 0) is 48.5 Å². The van der Waals surface area contributed by atoms with E-state index in [1.54, 1.807) is 12.1 Å². The Kier molecular flexibility index (Phi) is 8.25. The van der Waals surface area contributed by atoms with Crippen molar-refractivity contribution in [3.8, 4) is 0 Å². The van der Waals surface area contributed by atoms with Gasteiger partial charge in [0, 0.05) is 26.3 Å². The molecule has 2 aromatic rings. The minimum atomic E-state index is -3.68. The van der Waals surface area contributed by atoms with Gasteiger partial charge in [-0.1, -0.05) is 0 Å². The minimum Gasteiger partial charge on any atom is -0.481 e. The first kappa shape index (κ1) is 22.5. The van der Waals surface area contributed by atoms with Gasteiger partial charge in [0.1, 0.15) is 0 Å². The molecule has 0 aromatic heterocycles. The number of carboxylic acids is 1. The normalized spacial score (nSPS) is 11.7. The molecule has 156 valence electrons. The van der Waals surface area contributed by atoms with Gasteiger partial charge in [0.25, 0.3) is 0 Å². The van der Waals surface area contributed by atoms with Gasteiger partial charge in [-0.2, -0.15) is 10.2 Å². The second-order valence-electron chi connectivity index (χ2n) is 6.26. The number of sulfonamides is 1. The SMILES string of the molecule is CN(C)c1ccc(/N=N/c2ccc(S(=O)(=O)NCCOCCC(=O)O)cc2)cc1. The zero-order valence-electron chi connectivity index (χ0n) is 16.3. The summed E-state index contributed by atoms with van der Waals surface area (Å²) in [5.41, 5.74) is 2.27. The molecule has 29 heavy (non-hydrogen) atoms. The lowest BCUT2D eigenvalue weighted by Crippen LogP contribution is -2.27. The molecule has 10 heteroatoms. The van der Waals surface area contributed by atoms with Crippen LogP contribution in [0.2, 0.25) is 0 Å². The third-order valence-electron chi connectivity index (χ3n) is 3.79. The fourth-order valence-electron chi connectivity index (χ4n) is 2.22. The molecule has 2 aromatic carbocycles. The molecular formula is C19H24N4O5S. The van der Waals surface area contributed by atoms with Crippen molar-refractivity contribution >= 4 is 33.1 Å². The van der Waals surface area contributed by atoms with E-state index in [4.69, 9.17) is 9.84 Å². The highest BCUT2D eigenvalue weighted by Crippen LogP contribution is 2.22. The van der Waals surface area contributed by atoms with Crippen LogP contribution in [0.5, 0.6) is 0 Å². The molecule has 0 aliphatic heterocycles. The van der Waals surface area contributed by atoms with E-state index in [2.05, 4.69) is 15.0 Å². The van der Waals surface area contributed by atoms with Crippen molar-refractivity contribution < 1.29 is 23.1 Å². The van der Waals surface area contributed by atoms with Gasteiger partial charge in [-0.3, -0.25) is 4.79 Å². The molecule has 0 aliphatic rings. The fraction of sp³-hybridized carbons (Fsp3) is 0.316. The Morgan fingerprint density at radius 2 is 1.55 bits per heavy atom. The van der Waals surface area contributed by atoms with Crippen LogP contribution in [0.3, 0.4) is 0 Å². The maximum Gasteiger partial charge on any atom is 0.305 e.